The number of nitrogens with two attached hydrogens (primary N) is 1. The zero-order valence-electron chi connectivity index (χ0n) is 9.69. The Hall–Kier alpha value is -1.36. The molecule has 0 saturated carbocycles. The molecule has 6 heteroatoms. The lowest BCUT2D eigenvalue weighted by Crippen LogP contribution is -2.40. The fourth-order valence-electron chi connectivity index (χ4n) is 2.16. The van der Waals surface area contributed by atoms with E-state index in [1.807, 2.05) is 18.0 Å². The molecule has 1 heterocycles. The third kappa shape index (κ3) is 2.34. The molecule has 1 unspecified atom stereocenters. The maximum absolute atomic E-state index is 11.2. The van der Waals surface area contributed by atoms with Gasteiger partial charge >= 0.3 is 0 Å². The van der Waals surface area contributed by atoms with Gasteiger partial charge in [-0.1, -0.05) is 0 Å². The van der Waals surface area contributed by atoms with Crippen LogP contribution < -0.4 is 5.73 Å². The van der Waals surface area contributed by atoms with Crippen molar-refractivity contribution in [3.05, 3.63) is 11.8 Å². The van der Waals surface area contributed by atoms with E-state index in [9.17, 15) is 4.79 Å². The molecule has 92 valence electrons. The fraction of sp³-hybridized carbons (Fsp3) is 0.545. The Morgan fingerprint density at radius 2 is 2.53 bits per heavy atom. The molecule has 0 aromatic rings. The van der Waals surface area contributed by atoms with E-state index in [0.717, 1.165) is 24.3 Å². The summed E-state index contributed by atoms with van der Waals surface area (Å²) in [6.07, 6.45) is 3.73. The average Bonchev–Trinajstić information content (AvgIpc) is 2.64. The minimum Gasteiger partial charge on any atom is -0.363 e. The predicted octanol–water partition coefficient (Wildman–Crippen LogP) is 0.542. The first kappa shape index (κ1) is 12.1. The molecule has 0 radical (unpaired) electrons. The number of fused-ring (bicyclic) bond motifs is 1. The van der Waals surface area contributed by atoms with Gasteiger partial charge < -0.3 is 10.6 Å². The Balaban J connectivity index is 2.23. The summed E-state index contributed by atoms with van der Waals surface area (Å²) in [5.74, 6) is 0.369. The number of primary amides is 1. The van der Waals surface area contributed by atoms with E-state index in [1.165, 1.54) is 0 Å². The van der Waals surface area contributed by atoms with Gasteiger partial charge in [0.2, 0.25) is 0 Å². The van der Waals surface area contributed by atoms with Crippen LogP contribution in [0.15, 0.2) is 21.8 Å². The molecular weight excluding hydrogens is 240 g/mol. The van der Waals surface area contributed by atoms with Crippen molar-refractivity contribution in [1.82, 2.24) is 4.90 Å². The minimum absolute atomic E-state index is 0.160. The number of aliphatic imine (C=N–C) groups is 2. The third-order valence-corrected chi connectivity index (χ3v) is 3.16. The molecule has 2 rings (SSSR count). The number of amides is 1. The Labute approximate surface area is 105 Å². The van der Waals surface area contributed by atoms with Gasteiger partial charge in [0.05, 0.1) is 18.3 Å². The van der Waals surface area contributed by atoms with Crippen molar-refractivity contribution in [3.63, 3.8) is 0 Å². The number of hydrogen-bond acceptors (Lipinski definition) is 4. The SMILES string of the molecule is CN1C(C(N)=O)=NC2=CC(=NCCCl)CCC21. The number of carbonyl (C=O) groups is 1. The summed E-state index contributed by atoms with van der Waals surface area (Å²) in [6, 6.07) is 0.160. The maximum atomic E-state index is 11.2. The Morgan fingerprint density at radius 3 is 3.18 bits per heavy atom. The highest BCUT2D eigenvalue weighted by atomic mass is 35.5. The molecule has 0 spiro atoms. The first-order chi connectivity index (χ1) is 8.13. The second-order valence-corrected chi connectivity index (χ2v) is 4.47. The highest BCUT2D eigenvalue weighted by Gasteiger charge is 2.33. The van der Waals surface area contributed by atoms with E-state index in [4.69, 9.17) is 17.3 Å². The van der Waals surface area contributed by atoms with Crippen LogP contribution in [0.2, 0.25) is 0 Å². The quantitative estimate of drug-likeness (QED) is 0.747. The predicted molar refractivity (Wildman–Crippen MR) is 68.5 cm³/mol. The van der Waals surface area contributed by atoms with Crippen molar-refractivity contribution in [1.29, 1.82) is 0 Å². The van der Waals surface area contributed by atoms with Crippen molar-refractivity contribution in [2.45, 2.75) is 18.9 Å². The number of likely N-dealkylation sites (N-methyl/N-ethyl adjacent to an activating group) is 1. The molecule has 1 atom stereocenters. The van der Waals surface area contributed by atoms with Gasteiger partial charge in [-0.25, -0.2) is 4.99 Å². The summed E-state index contributed by atoms with van der Waals surface area (Å²) in [7, 11) is 1.84. The fourth-order valence-corrected chi connectivity index (χ4v) is 2.24. The molecule has 17 heavy (non-hydrogen) atoms. The third-order valence-electron chi connectivity index (χ3n) is 2.99. The van der Waals surface area contributed by atoms with Crippen LogP contribution in [0.3, 0.4) is 0 Å². The van der Waals surface area contributed by atoms with Crippen LogP contribution in [-0.4, -0.2) is 47.9 Å². The first-order valence-corrected chi connectivity index (χ1v) is 6.09. The van der Waals surface area contributed by atoms with E-state index < -0.39 is 5.91 Å². The van der Waals surface area contributed by atoms with Crippen LogP contribution in [0.4, 0.5) is 0 Å². The van der Waals surface area contributed by atoms with Crippen molar-refractivity contribution in [3.8, 4) is 0 Å². The number of amidine groups is 1. The monoisotopic (exact) mass is 254 g/mol. The van der Waals surface area contributed by atoms with Crippen LogP contribution in [0.1, 0.15) is 12.8 Å². The molecule has 1 aliphatic carbocycles. The normalized spacial score (nSPS) is 25.6. The van der Waals surface area contributed by atoms with Gasteiger partial charge in [-0.3, -0.25) is 9.79 Å². The maximum Gasteiger partial charge on any atom is 0.284 e. The Bertz CT molecular complexity index is 427. The molecule has 0 saturated heterocycles. The number of allylic oxidation sites excluding steroid dienone is 1. The van der Waals surface area contributed by atoms with Crippen molar-refractivity contribution < 1.29 is 4.79 Å². The van der Waals surface area contributed by atoms with E-state index in [-0.39, 0.29) is 6.04 Å². The Morgan fingerprint density at radius 1 is 1.76 bits per heavy atom. The molecule has 2 aliphatic rings. The summed E-state index contributed by atoms with van der Waals surface area (Å²) < 4.78 is 0. The summed E-state index contributed by atoms with van der Waals surface area (Å²) in [6.45, 7) is 0.619. The van der Waals surface area contributed by atoms with E-state index in [0.29, 0.717) is 18.3 Å². The van der Waals surface area contributed by atoms with Crippen molar-refractivity contribution in [2.24, 2.45) is 15.7 Å². The second kappa shape index (κ2) is 4.87. The molecule has 0 aromatic heterocycles. The van der Waals surface area contributed by atoms with Gasteiger partial charge in [-0.2, -0.15) is 0 Å². The number of carbonyl (C=O) groups excluding carboxylic acids is 1. The highest BCUT2D eigenvalue weighted by molar-refractivity contribution is 6.38. The average molecular weight is 255 g/mol. The van der Waals surface area contributed by atoms with E-state index in [2.05, 4.69) is 9.98 Å². The van der Waals surface area contributed by atoms with Gasteiger partial charge in [0.15, 0.2) is 5.84 Å². The van der Waals surface area contributed by atoms with Crippen molar-refractivity contribution >= 4 is 29.1 Å². The highest BCUT2D eigenvalue weighted by Crippen LogP contribution is 2.28. The largest absolute Gasteiger partial charge is 0.363 e. The number of hydrogen-bond donors (Lipinski definition) is 1. The van der Waals surface area contributed by atoms with Crippen LogP contribution in [0, 0.1) is 0 Å². The zero-order chi connectivity index (χ0) is 12.4. The van der Waals surface area contributed by atoms with Crippen LogP contribution >= 0.6 is 11.6 Å². The summed E-state index contributed by atoms with van der Waals surface area (Å²) in [5, 5.41) is 0. The lowest BCUT2D eigenvalue weighted by atomic mass is 9.98. The van der Waals surface area contributed by atoms with Crippen LogP contribution in [0.25, 0.3) is 0 Å². The molecule has 0 aromatic carbocycles. The zero-order valence-corrected chi connectivity index (χ0v) is 10.4. The van der Waals surface area contributed by atoms with Crippen molar-refractivity contribution in [2.75, 3.05) is 19.5 Å². The number of rotatable bonds is 3. The Kier molecular flexibility index (Phi) is 3.47. The topological polar surface area (TPSA) is 71.0 Å². The second-order valence-electron chi connectivity index (χ2n) is 4.10. The number of halogens is 1. The van der Waals surface area contributed by atoms with Gasteiger partial charge in [0.25, 0.3) is 5.91 Å². The summed E-state index contributed by atoms with van der Waals surface area (Å²) >= 11 is 5.60. The van der Waals surface area contributed by atoms with Gasteiger partial charge in [-0.15, -0.1) is 11.6 Å². The van der Waals surface area contributed by atoms with Gasteiger partial charge in [0, 0.05) is 18.6 Å². The van der Waals surface area contributed by atoms with Gasteiger partial charge in [0.1, 0.15) is 0 Å². The van der Waals surface area contributed by atoms with E-state index in [1.54, 1.807) is 0 Å². The standard InChI is InChI=1S/C11H15ClN4O/c1-16-9-3-2-7(14-5-4-12)6-8(9)15-11(16)10(13)17/h6,9H,2-5H2,1H3,(H2,13,17). The molecule has 1 amide bonds. The molecule has 2 N–H and O–H groups in total. The minimum atomic E-state index is -0.484. The molecule has 1 aliphatic heterocycles. The van der Waals surface area contributed by atoms with Gasteiger partial charge in [-0.05, 0) is 18.9 Å². The lowest BCUT2D eigenvalue weighted by Gasteiger charge is -2.25. The first-order valence-electron chi connectivity index (χ1n) is 5.55. The molecule has 0 fully saturated rings. The summed E-state index contributed by atoms with van der Waals surface area (Å²) in [4.78, 5) is 21.6. The van der Waals surface area contributed by atoms with E-state index >= 15 is 0 Å². The summed E-state index contributed by atoms with van der Waals surface area (Å²) in [5.41, 5.74) is 7.15. The smallest absolute Gasteiger partial charge is 0.284 e. The molecule has 0 bridgehead atoms. The van der Waals surface area contributed by atoms with Crippen LogP contribution in [-0.2, 0) is 4.79 Å². The number of alkyl halides is 1. The van der Waals surface area contributed by atoms with Crippen LogP contribution in [0.5, 0.6) is 0 Å². The molecular formula is C11H15ClN4O. The molecule has 5 nitrogen and oxygen atoms in total. The lowest BCUT2D eigenvalue weighted by molar-refractivity contribution is -0.112. The number of nitrogens with zero attached hydrogens (tertiary/aromatic N) is 3.